The highest BCUT2D eigenvalue weighted by Gasteiger charge is 2.14. The van der Waals surface area contributed by atoms with Gasteiger partial charge in [-0.15, -0.1) is 0 Å². The molecule has 0 saturated carbocycles. The highest BCUT2D eigenvalue weighted by atomic mass is 79.9. The Hall–Kier alpha value is -2.20. The maximum Gasteiger partial charge on any atom is 0.195 e. The van der Waals surface area contributed by atoms with E-state index in [0.717, 1.165) is 10.2 Å². The van der Waals surface area contributed by atoms with Crippen molar-refractivity contribution in [3.63, 3.8) is 0 Å². The molecule has 0 aliphatic heterocycles. The lowest BCUT2D eigenvalue weighted by atomic mass is 10.0. The Balaban J connectivity index is 2.06. The molecule has 0 saturated heterocycles. The van der Waals surface area contributed by atoms with Gasteiger partial charge in [0.2, 0.25) is 0 Å². The first kappa shape index (κ1) is 12.8. The van der Waals surface area contributed by atoms with E-state index in [4.69, 9.17) is 0 Å². The molecule has 0 aliphatic rings. The van der Waals surface area contributed by atoms with E-state index in [2.05, 4.69) is 21.0 Å². The zero-order valence-corrected chi connectivity index (χ0v) is 12.1. The predicted octanol–water partition coefficient (Wildman–Crippen LogP) is 3.87. The van der Waals surface area contributed by atoms with Crippen LogP contribution in [0.4, 0.5) is 0 Å². The van der Waals surface area contributed by atoms with Gasteiger partial charge in [0.1, 0.15) is 0 Å². The van der Waals surface area contributed by atoms with Gasteiger partial charge >= 0.3 is 0 Å². The largest absolute Gasteiger partial charge is 0.289 e. The summed E-state index contributed by atoms with van der Waals surface area (Å²) in [7, 11) is 0. The molecular formula is C16H11BrN2O. The van der Waals surface area contributed by atoms with Gasteiger partial charge in [0.05, 0.1) is 5.69 Å². The standard InChI is InChI=1S/C16H11BrN2O/c17-13-8-6-12(7-9-13)16(20)14-4-1-2-5-15(14)19-11-3-10-18-19/h1-11H. The van der Waals surface area contributed by atoms with Crippen molar-refractivity contribution in [3.05, 3.63) is 82.6 Å². The van der Waals surface area contributed by atoms with Crippen molar-refractivity contribution < 1.29 is 4.79 Å². The second-order valence-corrected chi connectivity index (χ2v) is 5.22. The van der Waals surface area contributed by atoms with Crippen LogP contribution in [0.3, 0.4) is 0 Å². The minimum atomic E-state index is -0.0106. The molecule has 98 valence electrons. The predicted molar refractivity (Wildman–Crippen MR) is 81.1 cm³/mol. The van der Waals surface area contributed by atoms with Crippen LogP contribution in [0.15, 0.2) is 71.5 Å². The fourth-order valence-corrected chi connectivity index (χ4v) is 2.30. The fourth-order valence-electron chi connectivity index (χ4n) is 2.03. The molecule has 0 atom stereocenters. The molecule has 0 N–H and O–H groups in total. The number of hydrogen-bond acceptors (Lipinski definition) is 2. The van der Waals surface area contributed by atoms with E-state index < -0.39 is 0 Å². The third kappa shape index (κ3) is 2.42. The van der Waals surface area contributed by atoms with Crippen LogP contribution < -0.4 is 0 Å². The lowest BCUT2D eigenvalue weighted by molar-refractivity contribution is 0.103. The fraction of sp³-hybridized carbons (Fsp3) is 0. The molecule has 3 aromatic rings. The second kappa shape index (κ2) is 5.43. The molecule has 0 fully saturated rings. The second-order valence-electron chi connectivity index (χ2n) is 4.30. The summed E-state index contributed by atoms with van der Waals surface area (Å²) in [5.41, 5.74) is 2.08. The van der Waals surface area contributed by atoms with Crippen LogP contribution in [0.1, 0.15) is 15.9 Å². The maximum absolute atomic E-state index is 12.6. The Bertz CT molecular complexity index is 733. The number of halogens is 1. The molecule has 0 amide bonds. The van der Waals surface area contributed by atoms with Gasteiger partial charge in [0.25, 0.3) is 0 Å². The smallest absolute Gasteiger partial charge is 0.195 e. The normalized spacial score (nSPS) is 10.4. The third-order valence-electron chi connectivity index (χ3n) is 3.01. The van der Waals surface area contributed by atoms with Gasteiger partial charge in [-0.25, -0.2) is 4.68 Å². The molecule has 0 aliphatic carbocycles. The van der Waals surface area contributed by atoms with E-state index in [9.17, 15) is 4.79 Å². The molecule has 3 rings (SSSR count). The van der Waals surface area contributed by atoms with E-state index in [0.29, 0.717) is 11.1 Å². The lowest BCUT2D eigenvalue weighted by Gasteiger charge is -2.08. The van der Waals surface area contributed by atoms with E-state index in [1.165, 1.54) is 0 Å². The zero-order chi connectivity index (χ0) is 13.9. The summed E-state index contributed by atoms with van der Waals surface area (Å²) < 4.78 is 2.65. The highest BCUT2D eigenvalue weighted by molar-refractivity contribution is 9.10. The van der Waals surface area contributed by atoms with Gasteiger partial charge in [-0.3, -0.25) is 4.79 Å². The summed E-state index contributed by atoms with van der Waals surface area (Å²) in [6.45, 7) is 0. The number of rotatable bonds is 3. The summed E-state index contributed by atoms with van der Waals surface area (Å²) in [4.78, 5) is 12.6. The van der Waals surface area contributed by atoms with Gasteiger partial charge < -0.3 is 0 Å². The van der Waals surface area contributed by atoms with Crippen molar-refractivity contribution in [2.45, 2.75) is 0 Å². The Labute approximate surface area is 125 Å². The average molecular weight is 327 g/mol. The van der Waals surface area contributed by atoms with Crippen molar-refractivity contribution in [1.29, 1.82) is 0 Å². The number of carbonyl (C=O) groups is 1. The van der Waals surface area contributed by atoms with Crippen molar-refractivity contribution in [2.24, 2.45) is 0 Å². The summed E-state index contributed by atoms with van der Waals surface area (Å²) >= 11 is 3.37. The first-order valence-corrected chi connectivity index (χ1v) is 6.94. The molecule has 2 aromatic carbocycles. The SMILES string of the molecule is O=C(c1ccc(Br)cc1)c1ccccc1-n1cccn1. The number of benzene rings is 2. The number of para-hydroxylation sites is 1. The molecule has 1 heterocycles. The molecule has 3 nitrogen and oxygen atoms in total. The molecule has 0 spiro atoms. The van der Waals surface area contributed by atoms with Gasteiger partial charge in [0.15, 0.2) is 5.78 Å². The topological polar surface area (TPSA) is 34.9 Å². The summed E-state index contributed by atoms with van der Waals surface area (Å²) in [6, 6.07) is 16.7. The number of hydrogen-bond donors (Lipinski definition) is 0. The van der Waals surface area contributed by atoms with Crippen LogP contribution in [0.25, 0.3) is 5.69 Å². The summed E-state index contributed by atoms with van der Waals surface area (Å²) in [5, 5.41) is 4.19. The summed E-state index contributed by atoms with van der Waals surface area (Å²) in [5.74, 6) is -0.0106. The molecule has 0 unspecified atom stereocenters. The van der Waals surface area contributed by atoms with Crippen LogP contribution in [-0.4, -0.2) is 15.6 Å². The van der Waals surface area contributed by atoms with Gasteiger partial charge in [-0.05, 0) is 42.5 Å². The number of aromatic nitrogens is 2. The zero-order valence-electron chi connectivity index (χ0n) is 10.5. The van der Waals surface area contributed by atoms with E-state index in [1.54, 1.807) is 10.9 Å². The first-order valence-electron chi connectivity index (χ1n) is 6.15. The summed E-state index contributed by atoms with van der Waals surface area (Å²) in [6.07, 6.45) is 3.52. The van der Waals surface area contributed by atoms with E-state index in [-0.39, 0.29) is 5.78 Å². The molecule has 1 aromatic heterocycles. The van der Waals surface area contributed by atoms with Crippen LogP contribution in [0.2, 0.25) is 0 Å². The minimum Gasteiger partial charge on any atom is -0.289 e. The quantitative estimate of drug-likeness (QED) is 0.685. The number of ketones is 1. The van der Waals surface area contributed by atoms with E-state index >= 15 is 0 Å². The highest BCUT2D eigenvalue weighted by Crippen LogP contribution is 2.19. The van der Waals surface area contributed by atoms with Crippen molar-refractivity contribution in [3.8, 4) is 5.69 Å². The van der Waals surface area contributed by atoms with Crippen molar-refractivity contribution in [2.75, 3.05) is 0 Å². The molecular weight excluding hydrogens is 316 g/mol. The van der Waals surface area contributed by atoms with Crippen LogP contribution in [0.5, 0.6) is 0 Å². The Morgan fingerprint density at radius 2 is 1.75 bits per heavy atom. The third-order valence-corrected chi connectivity index (χ3v) is 3.53. The Morgan fingerprint density at radius 1 is 1.00 bits per heavy atom. The van der Waals surface area contributed by atoms with Gasteiger partial charge in [-0.2, -0.15) is 5.10 Å². The van der Waals surface area contributed by atoms with Crippen LogP contribution in [0, 0.1) is 0 Å². The Morgan fingerprint density at radius 3 is 2.45 bits per heavy atom. The van der Waals surface area contributed by atoms with Crippen molar-refractivity contribution in [1.82, 2.24) is 9.78 Å². The number of carbonyl (C=O) groups excluding carboxylic acids is 1. The minimum absolute atomic E-state index is 0.0106. The van der Waals surface area contributed by atoms with Gasteiger partial charge in [-0.1, -0.05) is 28.1 Å². The van der Waals surface area contributed by atoms with Crippen LogP contribution >= 0.6 is 15.9 Å². The van der Waals surface area contributed by atoms with Crippen molar-refractivity contribution >= 4 is 21.7 Å². The van der Waals surface area contributed by atoms with E-state index in [1.807, 2.05) is 60.8 Å². The first-order chi connectivity index (χ1) is 9.75. The molecule has 0 bridgehead atoms. The number of nitrogens with zero attached hydrogens (tertiary/aromatic N) is 2. The molecule has 20 heavy (non-hydrogen) atoms. The molecule has 0 radical (unpaired) electrons. The van der Waals surface area contributed by atoms with Crippen LogP contribution in [-0.2, 0) is 0 Å². The monoisotopic (exact) mass is 326 g/mol. The average Bonchev–Trinajstić information content (AvgIpc) is 3.01. The Kier molecular flexibility index (Phi) is 3.48. The lowest BCUT2D eigenvalue weighted by Crippen LogP contribution is -2.07. The maximum atomic E-state index is 12.6. The molecule has 4 heteroatoms. The van der Waals surface area contributed by atoms with Gasteiger partial charge in [0, 0.05) is 28.0 Å².